The molecule has 2 heterocycles. The van der Waals surface area contributed by atoms with Crippen LogP contribution in [-0.4, -0.2) is 35.3 Å². The quantitative estimate of drug-likeness (QED) is 0.233. The van der Waals surface area contributed by atoms with Gasteiger partial charge in [-0.15, -0.1) is 0 Å². The Bertz CT molecular complexity index is 1490. The van der Waals surface area contributed by atoms with E-state index in [2.05, 4.69) is 21.6 Å². The predicted molar refractivity (Wildman–Crippen MR) is 140 cm³/mol. The van der Waals surface area contributed by atoms with Crippen molar-refractivity contribution >= 4 is 38.3 Å². The highest BCUT2D eigenvalue weighted by Gasteiger charge is 2.22. The van der Waals surface area contributed by atoms with Gasteiger partial charge in [0.05, 0.1) is 22.5 Å². The van der Waals surface area contributed by atoms with Gasteiger partial charge >= 0.3 is 0 Å². The molecule has 9 nitrogen and oxygen atoms in total. The van der Waals surface area contributed by atoms with Gasteiger partial charge in [-0.2, -0.15) is 0 Å². The molecular formula is C26H29N5O4S. The minimum atomic E-state index is -3.87. The van der Waals surface area contributed by atoms with Crippen LogP contribution < -0.4 is 15.2 Å². The average molecular weight is 508 g/mol. The van der Waals surface area contributed by atoms with E-state index in [1.807, 2.05) is 18.4 Å². The first-order chi connectivity index (χ1) is 17.2. The number of nitrogen functional groups attached to an aromatic ring is 1. The van der Waals surface area contributed by atoms with Gasteiger partial charge in [0.2, 0.25) is 0 Å². The van der Waals surface area contributed by atoms with E-state index in [-0.39, 0.29) is 28.2 Å². The van der Waals surface area contributed by atoms with Gasteiger partial charge in [-0.05, 0) is 56.7 Å². The van der Waals surface area contributed by atoms with Crippen molar-refractivity contribution < 1.29 is 17.9 Å². The van der Waals surface area contributed by atoms with Crippen molar-refractivity contribution in [1.82, 2.24) is 14.5 Å². The Morgan fingerprint density at radius 1 is 1.14 bits per heavy atom. The monoisotopic (exact) mass is 507 g/mol. The molecule has 188 valence electrons. The number of fused-ring (bicyclic) bond motifs is 1. The highest BCUT2D eigenvalue weighted by Crippen LogP contribution is 2.29. The molecule has 0 saturated heterocycles. The third-order valence-electron chi connectivity index (χ3n) is 5.72. The second kappa shape index (κ2) is 10.4. The lowest BCUT2D eigenvalue weighted by Gasteiger charge is -2.10. The molecule has 2 aromatic heterocycles. The number of carbonyl (C=O) groups excluding carboxylic acids is 1. The molecule has 0 amide bonds. The fraction of sp³-hybridized carbons (Fsp3) is 0.269. The van der Waals surface area contributed by atoms with Crippen molar-refractivity contribution in [1.29, 1.82) is 0 Å². The minimum Gasteiger partial charge on any atom is -0.494 e. The molecule has 10 heteroatoms. The number of nitrogens with one attached hydrogen (secondary N) is 1. The lowest BCUT2D eigenvalue weighted by molar-refractivity contribution is 0.104. The molecule has 0 fully saturated rings. The SMILES string of the molecule is CCCCOc1ccc(S(=O)(=O)Nc2cccc(C(=O)c3cn(C(C)C)c4ncnc(N)c34)c2)cc1. The van der Waals surface area contributed by atoms with Crippen LogP contribution in [0.1, 0.15) is 55.6 Å². The van der Waals surface area contributed by atoms with Crippen LogP contribution in [0.4, 0.5) is 11.5 Å². The summed E-state index contributed by atoms with van der Waals surface area (Å²) in [5, 5.41) is 0.475. The van der Waals surface area contributed by atoms with Crippen molar-refractivity contribution in [3.63, 3.8) is 0 Å². The standard InChI is InChI=1S/C26H29N5O4S/c1-4-5-13-35-20-9-11-21(12-10-20)36(33,34)30-19-8-6-7-18(14-19)24(32)22-15-31(17(2)3)26-23(22)25(27)28-16-29-26/h6-12,14-17,30H,4-5,13H2,1-3H3,(H2,27,28,29). The second-order valence-corrected chi connectivity index (χ2v) is 10.4. The normalized spacial score (nSPS) is 11.7. The Kier molecular flexibility index (Phi) is 7.25. The third kappa shape index (κ3) is 5.18. The van der Waals surface area contributed by atoms with Gasteiger partial charge in [0.1, 0.15) is 23.5 Å². The number of rotatable bonds is 10. The smallest absolute Gasteiger partial charge is 0.261 e. The van der Waals surface area contributed by atoms with Crippen molar-refractivity contribution in [3.05, 3.63) is 72.2 Å². The van der Waals surface area contributed by atoms with Crippen LogP contribution in [0.5, 0.6) is 5.75 Å². The molecule has 0 unspecified atom stereocenters. The van der Waals surface area contributed by atoms with Crippen LogP contribution in [0.25, 0.3) is 11.0 Å². The lowest BCUT2D eigenvalue weighted by atomic mass is 10.0. The molecule has 0 aliphatic carbocycles. The Hall–Kier alpha value is -3.92. The molecule has 0 saturated carbocycles. The van der Waals surface area contributed by atoms with Crippen LogP contribution in [0.2, 0.25) is 0 Å². The van der Waals surface area contributed by atoms with E-state index < -0.39 is 10.0 Å². The summed E-state index contributed by atoms with van der Waals surface area (Å²) in [6.45, 7) is 6.60. The van der Waals surface area contributed by atoms with Gasteiger partial charge in [0.25, 0.3) is 10.0 Å². The number of anilines is 2. The summed E-state index contributed by atoms with van der Waals surface area (Å²) in [6, 6.07) is 12.6. The summed E-state index contributed by atoms with van der Waals surface area (Å²) < 4.78 is 35.9. The van der Waals surface area contributed by atoms with Crippen molar-refractivity contribution in [2.45, 2.75) is 44.6 Å². The third-order valence-corrected chi connectivity index (χ3v) is 7.11. The first kappa shape index (κ1) is 25.2. The molecule has 36 heavy (non-hydrogen) atoms. The number of hydrogen-bond acceptors (Lipinski definition) is 7. The van der Waals surface area contributed by atoms with Gasteiger partial charge in [-0.25, -0.2) is 18.4 Å². The summed E-state index contributed by atoms with van der Waals surface area (Å²) in [5.74, 6) is 0.510. The van der Waals surface area contributed by atoms with E-state index in [9.17, 15) is 13.2 Å². The number of carbonyl (C=O) groups is 1. The first-order valence-corrected chi connectivity index (χ1v) is 13.2. The summed E-state index contributed by atoms with van der Waals surface area (Å²) >= 11 is 0. The number of nitrogens with zero attached hydrogens (tertiary/aromatic N) is 3. The number of benzene rings is 2. The largest absolute Gasteiger partial charge is 0.494 e. The molecule has 0 aliphatic heterocycles. The number of unbranched alkanes of at least 4 members (excludes halogenated alkanes) is 1. The maximum absolute atomic E-state index is 13.5. The van der Waals surface area contributed by atoms with E-state index in [1.165, 1.54) is 24.5 Å². The van der Waals surface area contributed by atoms with Gasteiger partial charge in [0.15, 0.2) is 5.78 Å². The zero-order valence-electron chi connectivity index (χ0n) is 20.4. The van der Waals surface area contributed by atoms with E-state index >= 15 is 0 Å². The molecule has 0 radical (unpaired) electrons. The van der Waals surface area contributed by atoms with Crippen LogP contribution in [0.15, 0.2) is 66.0 Å². The second-order valence-electron chi connectivity index (χ2n) is 8.69. The van der Waals surface area contributed by atoms with E-state index in [0.29, 0.717) is 34.5 Å². The number of aromatic nitrogens is 3. The maximum Gasteiger partial charge on any atom is 0.261 e. The van der Waals surface area contributed by atoms with Crippen LogP contribution in [-0.2, 0) is 10.0 Å². The number of nitrogens with two attached hydrogens (primary N) is 1. The zero-order chi connectivity index (χ0) is 25.9. The molecule has 0 spiro atoms. The lowest BCUT2D eigenvalue weighted by Crippen LogP contribution is -2.13. The highest BCUT2D eigenvalue weighted by molar-refractivity contribution is 7.92. The molecule has 4 rings (SSSR count). The van der Waals surface area contributed by atoms with E-state index in [4.69, 9.17) is 10.5 Å². The van der Waals surface area contributed by atoms with Gasteiger partial charge < -0.3 is 15.0 Å². The zero-order valence-corrected chi connectivity index (χ0v) is 21.2. The highest BCUT2D eigenvalue weighted by atomic mass is 32.2. The molecular weight excluding hydrogens is 478 g/mol. The maximum atomic E-state index is 13.5. The summed E-state index contributed by atoms with van der Waals surface area (Å²) in [4.78, 5) is 21.9. The summed E-state index contributed by atoms with van der Waals surface area (Å²) in [7, 11) is -3.87. The van der Waals surface area contributed by atoms with Gasteiger partial charge in [0, 0.05) is 23.5 Å². The minimum absolute atomic E-state index is 0.0462. The molecule has 0 bridgehead atoms. The van der Waals surface area contributed by atoms with E-state index in [0.717, 1.165) is 12.8 Å². The summed E-state index contributed by atoms with van der Waals surface area (Å²) in [5.41, 5.74) is 7.59. The van der Waals surface area contributed by atoms with Gasteiger partial charge in [-0.1, -0.05) is 25.5 Å². The van der Waals surface area contributed by atoms with Crippen molar-refractivity contribution in [3.8, 4) is 5.75 Å². The summed E-state index contributed by atoms with van der Waals surface area (Å²) in [6.07, 6.45) is 5.01. The molecule has 0 atom stereocenters. The van der Waals surface area contributed by atoms with Crippen LogP contribution in [0.3, 0.4) is 0 Å². The van der Waals surface area contributed by atoms with Crippen LogP contribution in [0, 0.1) is 0 Å². The van der Waals surface area contributed by atoms with Gasteiger partial charge in [-0.3, -0.25) is 9.52 Å². The Morgan fingerprint density at radius 3 is 2.58 bits per heavy atom. The number of sulfonamides is 1. The van der Waals surface area contributed by atoms with Crippen molar-refractivity contribution in [2.24, 2.45) is 0 Å². The predicted octanol–water partition coefficient (Wildman–Crippen LogP) is 4.81. The Morgan fingerprint density at radius 2 is 1.89 bits per heavy atom. The van der Waals surface area contributed by atoms with Crippen LogP contribution >= 0.6 is 0 Å². The first-order valence-electron chi connectivity index (χ1n) is 11.7. The number of hydrogen-bond donors (Lipinski definition) is 2. The molecule has 0 aliphatic rings. The fourth-order valence-corrected chi connectivity index (χ4v) is 4.87. The Labute approximate surface area is 210 Å². The topological polar surface area (TPSA) is 129 Å². The Balaban J connectivity index is 1.60. The fourth-order valence-electron chi connectivity index (χ4n) is 3.82. The molecule has 3 N–H and O–H groups in total. The van der Waals surface area contributed by atoms with Crippen molar-refractivity contribution in [2.75, 3.05) is 17.1 Å². The average Bonchev–Trinajstić information content (AvgIpc) is 3.25. The number of ether oxygens (including phenoxy) is 1. The molecule has 4 aromatic rings. The number of ketones is 1. The van der Waals surface area contributed by atoms with E-state index in [1.54, 1.807) is 36.5 Å². The molecule has 2 aromatic carbocycles.